The van der Waals surface area contributed by atoms with E-state index in [9.17, 15) is 13.2 Å². The molecule has 9 heteroatoms. The largest absolute Gasteiger partial charge is 0.350 e. The minimum atomic E-state index is -3.77. The first kappa shape index (κ1) is 21.0. The molecular formula is C20H20ClN3O4S. The van der Waals surface area contributed by atoms with Crippen LogP contribution in [-0.4, -0.2) is 36.9 Å². The Kier molecular flexibility index (Phi) is 6.36. The molecule has 1 N–H and O–H groups in total. The first-order chi connectivity index (χ1) is 13.9. The van der Waals surface area contributed by atoms with Gasteiger partial charge < -0.3 is 9.84 Å². The van der Waals surface area contributed by atoms with Gasteiger partial charge in [0, 0.05) is 30.4 Å². The number of anilines is 1. The van der Waals surface area contributed by atoms with Crippen LogP contribution in [0.3, 0.4) is 0 Å². The van der Waals surface area contributed by atoms with Gasteiger partial charge in [0.2, 0.25) is 15.8 Å². The molecule has 7 nitrogen and oxygen atoms in total. The van der Waals surface area contributed by atoms with Crippen molar-refractivity contribution < 1.29 is 17.7 Å². The maximum absolute atomic E-state index is 12.8. The van der Waals surface area contributed by atoms with Crippen molar-refractivity contribution in [2.75, 3.05) is 18.4 Å². The number of hydrogen-bond donors (Lipinski definition) is 1. The number of rotatable bonds is 7. The van der Waals surface area contributed by atoms with Gasteiger partial charge in [-0.15, -0.1) is 0 Å². The molecule has 3 aromatic rings. The number of amides is 1. The lowest BCUT2D eigenvalue weighted by atomic mass is 10.1. The molecule has 0 aliphatic heterocycles. The van der Waals surface area contributed by atoms with E-state index < -0.39 is 15.9 Å². The fraction of sp³-hybridized carbons (Fsp3) is 0.200. The topological polar surface area (TPSA) is 92.5 Å². The second-order valence-electron chi connectivity index (χ2n) is 6.13. The van der Waals surface area contributed by atoms with Crippen LogP contribution in [-0.2, 0) is 10.0 Å². The molecule has 0 spiro atoms. The highest BCUT2D eigenvalue weighted by Crippen LogP contribution is 2.28. The van der Waals surface area contributed by atoms with E-state index in [4.69, 9.17) is 16.1 Å². The maximum atomic E-state index is 12.8. The van der Waals surface area contributed by atoms with Gasteiger partial charge in [-0.2, -0.15) is 4.31 Å². The maximum Gasteiger partial charge on any atom is 0.294 e. The van der Waals surface area contributed by atoms with Gasteiger partial charge in [0.1, 0.15) is 10.6 Å². The van der Waals surface area contributed by atoms with Crippen molar-refractivity contribution >= 4 is 33.2 Å². The molecular weight excluding hydrogens is 414 g/mol. The number of carbonyl (C=O) groups is 1. The summed E-state index contributed by atoms with van der Waals surface area (Å²) in [6.07, 6.45) is 0. The summed E-state index contributed by atoms with van der Waals surface area (Å²) < 4.78 is 32.0. The molecule has 0 saturated heterocycles. The zero-order valence-corrected chi connectivity index (χ0v) is 17.5. The van der Waals surface area contributed by atoms with Crippen molar-refractivity contribution in [3.8, 4) is 11.3 Å². The molecule has 1 aromatic heterocycles. The highest BCUT2D eigenvalue weighted by atomic mass is 35.5. The summed E-state index contributed by atoms with van der Waals surface area (Å²) in [5.74, 6) is -0.542. The van der Waals surface area contributed by atoms with Gasteiger partial charge in [-0.05, 0) is 18.2 Å². The predicted octanol–water partition coefficient (Wildman–Crippen LogP) is 4.28. The average Bonchev–Trinajstić information content (AvgIpc) is 3.21. The van der Waals surface area contributed by atoms with Crippen molar-refractivity contribution in [1.82, 2.24) is 9.46 Å². The average molecular weight is 434 g/mol. The summed E-state index contributed by atoms with van der Waals surface area (Å²) in [4.78, 5) is 12.4. The van der Waals surface area contributed by atoms with Crippen LogP contribution in [0.2, 0.25) is 5.02 Å². The van der Waals surface area contributed by atoms with Gasteiger partial charge in [-0.1, -0.05) is 60.9 Å². The van der Waals surface area contributed by atoms with E-state index in [1.165, 1.54) is 28.6 Å². The van der Waals surface area contributed by atoms with Crippen molar-refractivity contribution in [3.05, 3.63) is 65.4 Å². The summed E-state index contributed by atoms with van der Waals surface area (Å²) in [5.41, 5.74) is 1.62. The highest BCUT2D eigenvalue weighted by Gasteiger charge is 2.25. The van der Waals surface area contributed by atoms with E-state index in [1.54, 1.807) is 13.8 Å². The van der Waals surface area contributed by atoms with E-state index in [1.807, 2.05) is 30.3 Å². The molecule has 0 atom stereocenters. The van der Waals surface area contributed by atoms with Crippen LogP contribution in [0.25, 0.3) is 11.3 Å². The standard InChI is InChI=1S/C20H20ClN3O4S/c1-3-24(4-2)29(26,27)19-12-15(10-11-16(19)21)22-20(25)18-13-17(23-28-18)14-8-6-5-7-9-14/h5-13H,3-4H2,1-2H3,(H,22,25). The van der Waals surface area contributed by atoms with Crippen molar-refractivity contribution in [3.63, 3.8) is 0 Å². The third kappa shape index (κ3) is 4.50. The number of benzene rings is 2. The van der Waals surface area contributed by atoms with Gasteiger partial charge in [-0.3, -0.25) is 4.79 Å². The lowest BCUT2D eigenvalue weighted by molar-refractivity contribution is 0.0988. The molecule has 0 unspecified atom stereocenters. The normalized spacial score (nSPS) is 11.6. The molecule has 1 amide bonds. The number of sulfonamides is 1. The zero-order valence-electron chi connectivity index (χ0n) is 15.9. The quantitative estimate of drug-likeness (QED) is 0.600. The fourth-order valence-electron chi connectivity index (χ4n) is 2.80. The van der Waals surface area contributed by atoms with Gasteiger partial charge in [-0.25, -0.2) is 8.42 Å². The second kappa shape index (κ2) is 8.77. The first-order valence-corrected chi connectivity index (χ1v) is 10.8. The van der Waals surface area contributed by atoms with Gasteiger partial charge in [0.25, 0.3) is 5.91 Å². The molecule has 0 bridgehead atoms. The highest BCUT2D eigenvalue weighted by molar-refractivity contribution is 7.89. The predicted molar refractivity (Wildman–Crippen MR) is 111 cm³/mol. The number of nitrogens with one attached hydrogen (secondary N) is 1. The lowest BCUT2D eigenvalue weighted by Gasteiger charge is -2.19. The minimum Gasteiger partial charge on any atom is -0.350 e. The number of nitrogens with zero attached hydrogens (tertiary/aromatic N) is 2. The molecule has 2 aromatic carbocycles. The lowest BCUT2D eigenvalue weighted by Crippen LogP contribution is -2.30. The van der Waals surface area contributed by atoms with Crippen LogP contribution in [0.1, 0.15) is 24.4 Å². The Hall–Kier alpha value is -2.68. The van der Waals surface area contributed by atoms with E-state index >= 15 is 0 Å². The Morgan fingerprint density at radius 3 is 2.45 bits per heavy atom. The molecule has 0 fully saturated rings. The SMILES string of the molecule is CCN(CC)S(=O)(=O)c1cc(NC(=O)c2cc(-c3ccccc3)no2)ccc1Cl. The summed E-state index contributed by atoms with van der Waals surface area (Å²) >= 11 is 6.12. The van der Waals surface area contributed by atoms with Crippen LogP contribution in [0.4, 0.5) is 5.69 Å². The number of hydrogen-bond acceptors (Lipinski definition) is 5. The van der Waals surface area contributed by atoms with Crippen LogP contribution < -0.4 is 5.32 Å². The Morgan fingerprint density at radius 2 is 1.79 bits per heavy atom. The smallest absolute Gasteiger partial charge is 0.294 e. The van der Waals surface area contributed by atoms with Crippen LogP contribution in [0, 0.1) is 0 Å². The van der Waals surface area contributed by atoms with E-state index in [2.05, 4.69) is 10.5 Å². The summed E-state index contributed by atoms with van der Waals surface area (Å²) in [6.45, 7) is 4.11. The number of aromatic nitrogens is 1. The molecule has 3 rings (SSSR count). The first-order valence-electron chi connectivity index (χ1n) is 9.00. The third-order valence-corrected chi connectivity index (χ3v) is 6.85. The molecule has 0 saturated carbocycles. The van der Waals surface area contributed by atoms with E-state index in [0.717, 1.165) is 5.56 Å². The summed E-state index contributed by atoms with van der Waals surface area (Å²) in [6, 6.07) is 15.1. The summed E-state index contributed by atoms with van der Waals surface area (Å²) in [5, 5.41) is 6.61. The fourth-order valence-corrected chi connectivity index (χ4v) is 4.76. The van der Waals surface area contributed by atoms with Gasteiger partial charge in [0.15, 0.2) is 0 Å². The van der Waals surface area contributed by atoms with Gasteiger partial charge >= 0.3 is 0 Å². The van der Waals surface area contributed by atoms with Crippen LogP contribution in [0.5, 0.6) is 0 Å². The molecule has 0 aliphatic carbocycles. The zero-order chi connectivity index (χ0) is 21.0. The third-order valence-electron chi connectivity index (χ3n) is 4.32. The number of carbonyl (C=O) groups excluding carboxylic acids is 1. The molecule has 1 heterocycles. The van der Waals surface area contributed by atoms with Gasteiger partial charge in [0.05, 0.1) is 5.02 Å². The van der Waals surface area contributed by atoms with E-state index in [0.29, 0.717) is 18.8 Å². The molecule has 29 heavy (non-hydrogen) atoms. The minimum absolute atomic E-state index is 0.00644. The van der Waals surface area contributed by atoms with Crippen LogP contribution >= 0.6 is 11.6 Å². The van der Waals surface area contributed by atoms with Crippen molar-refractivity contribution in [2.45, 2.75) is 18.7 Å². The summed E-state index contributed by atoms with van der Waals surface area (Å²) in [7, 11) is -3.77. The molecule has 152 valence electrons. The Labute approximate surface area is 174 Å². The Balaban J connectivity index is 1.84. The molecule has 0 aliphatic rings. The van der Waals surface area contributed by atoms with Crippen molar-refractivity contribution in [2.24, 2.45) is 0 Å². The Morgan fingerprint density at radius 1 is 1.10 bits per heavy atom. The number of halogens is 1. The monoisotopic (exact) mass is 433 g/mol. The van der Waals surface area contributed by atoms with Crippen molar-refractivity contribution in [1.29, 1.82) is 0 Å². The van der Waals surface area contributed by atoms with Crippen LogP contribution in [0.15, 0.2) is 64.0 Å². The Bertz CT molecular complexity index is 1110. The van der Waals surface area contributed by atoms with E-state index in [-0.39, 0.29) is 21.4 Å². The second-order valence-corrected chi connectivity index (χ2v) is 8.44. The molecule has 0 radical (unpaired) electrons.